The Bertz CT molecular complexity index is 490. The highest BCUT2D eigenvalue weighted by molar-refractivity contribution is 6.30. The van der Waals surface area contributed by atoms with Gasteiger partial charge >= 0.3 is 0 Å². The molecule has 1 heterocycles. The SMILES string of the molecule is O=[N+]([O-])c1cc[nH]c1-c1ccc(Cl)cc1. The number of aromatic amines is 1. The summed E-state index contributed by atoms with van der Waals surface area (Å²) < 4.78 is 0. The number of nitrogens with one attached hydrogen (secondary N) is 1. The first-order valence-corrected chi connectivity index (χ1v) is 4.64. The summed E-state index contributed by atoms with van der Waals surface area (Å²) in [5, 5.41) is 11.3. The monoisotopic (exact) mass is 222 g/mol. The molecule has 0 spiro atoms. The van der Waals surface area contributed by atoms with Crippen LogP contribution >= 0.6 is 11.6 Å². The topological polar surface area (TPSA) is 58.9 Å². The van der Waals surface area contributed by atoms with Crippen LogP contribution in [-0.4, -0.2) is 9.91 Å². The van der Waals surface area contributed by atoms with Crippen LogP contribution < -0.4 is 0 Å². The second-order valence-corrected chi connectivity index (χ2v) is 3.44. The molecular weight excluding hydrogens is 216 g/mol. The van der Waals surface area contributed by atoms with Crippen molar-refractivity contribution in [3.8, 4) is 11.3 Å². The van der Waals surface area contributed by atoms with Gasteiger partial charge in [0.25, 0.3) is 5.69 Å². The molecule has 0 saturated carbocycles. The minimum atomic E-state index is -0.416. The van der Waals surface area contributed by atoms with Gasteiger partial charge in [-0.2, -0.15) is 0 Å². The largest absolute Gasteiger partial charge is 0.355 e. The van der Waals surface area contributed by atoms with E-state index < -0.39 is 4.92 Å². The fourth-order valence-electron chi connectivity index (χ4n) is 1.36. The summed E-state index contributed by atoms with van der Waals surface area (Å²) in [5.74, 6) is 0. The van der Waals surface area contributed by atoms with E-state index in [1.165, 1.54) is 6.07 Å². The Balaban J connectivity index is 2.49. The number of halogens is 1. The molecule has 0 amide bonds. The van der Waals surface area contributed by atoms with Crippen molar-refractivity contribution in [2.24, 2.45) is 0 Å². The molecule has 5 heteroatoms. The fourth-order valence-corrected chi connectivity index (χ4v) is 1.49. The predicted octanol–water partition coefficient (Wildman–Crippen LogP) is 3.24. The maximum absolute atomic E-state index is 10.7. The van der Waals surface area contributed by atoms with E-state index in [0.29, 0.717) is 10.7 Å². The molecule has 2 aromatic rings. The third-order valence-electron chi connectivity index (χ3n) is 2.05. The third kappa shape index (κ3) is 1.85. The highest BCUT2D eigenvalue weighted by atomic mass is 35.5. The van der Waals surface area contributed by atoms with Crippen molar-refractivity contribution in [2.45, 2.75) is 0 Å². The highest BCUT2D eigenvalue weighted by Crippen LogP contribution is 2.28. The highest BCUT2D eigenvalue weighted by Gasteiger charge is 2.15. The van der Waals surface area contributed by atoms with Crippen LogP contribution in [0.2, 0.25) is 5.02 Å². The lowest BCUT2D eigenvalue weighted by atomic mass is 10.1. The molecule has 0 aliphatic rings. The molecule has 76 valence electrons. The summed E-state index contributed by atoms with van der Waals surface area (Å²) in [6.07, 6.45) is 1.54. The molecule has 0 bridgehead atoms. The Labute approximate surface area is 90.7 Å². The van der Waals surface area contributed by atoms with Gasteiger partial charge in [-0.25, -0.2) is 0 Å². The van der Waals surface area contributed by atoms with Crippen molar-refractivity contribution in [2.75, 3.05) is 0 Å². The molecule has 1 aromatic carbocycles. The van der Waals surface area contributed by atoms with Gasteiger partial charge in [-0.15, -0.1) is 0 Å². The average Bonchev–Trinajstić information content (AvgIpc) is 2.67. The Morgan fingerprint density at radius 2 is 1.87 bits per heavy atom. The molecule has 15 heavy (non-hydrogen) atoms. The lowest BCUT2D eigenvalue weighted by molar-refractivity contribution is -0.384. The van der Waals surface area contributed by atoms with Crippen molar-refractivity contribution in [1.82, 2.24) is 4.98 Å². The van der Waals surface area contributed by atoms with Crippen LogP contribution in [0, 0.1) is 10.1 Å². The first-order chi connectivity index (χ1) is 7.18. The Morgan fingerprint density at radius 3 is 2.47 bits per heavy atom. The number of hydrogen-bond acceptors (Lipinski definition) is 2. The van der Waals surface area contributed by atoms with Crippen molar-refractivity contribution in [3.63, 3.8) is 0 Å². The summed E-state index contributed by atoms with van der Waals surface area (Å²) in [6.45, 7) is 0. The van der Waals surface area contributed by atoms with E-state index in [1.54, 1.807) is 30.5 Å². The number of nitrogens with zero attached hydrogens (tertiary/aromatic N) is 1. The summed E-state index contributed by atoms with van der Waals surface area (Å²) in [4.78, 5) is 13.1. The number of H-pyrrole nitrogens is 1. The van der Waals surface area contributed by atoms with Gasteiger partial charge in [0.05, 0.1) is 4.92 Å². The maximum Gasteiger partial charge on any atom is 0.294 e. The maximum atomic E-state index is 10.7. The van der Waals surface area contributed by atoms with Gasteiger partial charge in [0.1, 0.15) is 5.69 Å². The van der Waals surface area contributed by atoms with Crippen LogP contribution in [0.15, 0.2) is 36.5 Å². The van der Waals surface area contributed by atoms with E-state index in [1.807, 2.05) is 0 Å². The van der Waals surface area contributed by atoms with Crippen molar-refractivity contribution in [1.29, 1.82) is 0 Å². The normalized spacial score (nSPS) is 10.2. The van der Waals surface area contributed by atoms with E-state index in [9.17, 15) is 10.1 Å². The summed E-state index contributed by atoms with van der Waals surface area (Å²) >= 11 is 5.73. The number of nitro groups is 1. The fraction of sp³-hybridized carbons (Fsp3) is 0. The summed E-state index contributed by atoms with van der Waals surface area (Å²) in [5.41, 5.74) is 1.31. The van der Waals surface area contributed by atoms with Gasteiger partial charge in [0.2, 0.25) is 0 Å². The molecule has 1 N–H and O–H groups in total. The zero-order valence-electron chi connectivity index (χ0n) is 7.61. The standard InChI is InChI=1S/C10H7ClN2O2/c11-8-3-1-7(2-4-8)10-9(13(14)15)5-6-12-10/h1-6,12H. The lowest BCUT2D eigenvalue weighted by Crippen LogP contribution is -1.88. The van der Waals surface area contributed by atoms with E-state index in [0.717, 1.165) is 5.56 Å². The summed E-state index contributed by atoms with van der Waals surface area (Å²) in [7, 11) is 0. The minimum Gasteiger partial charge on any atom is -0.355 e. The van der Waals surface area contributed by atoms with Crippen LogP contribution in [0.25, 0.3) is 11.3 Å². The van der Waals surface area contributed by atoms with Gasteiger partial charge in [-0.1, -0.05) is 23.7 Å². The second-order valence-electron chi connectivity index (χ2n) is 3.00. The van der Waals surface area contributed by atoms with E-state index >= 15 is 0 Å². The third-order valence-corrected chi connectivity index (χ3v) is 2.31. The minimum absolute atomic E-state index is 0.0670. The molecule has 0 unspecified atom stereocenters. The first-order valence-electron chi connectivity index (χ1n) is 4.26. The van der Waals surface area contributed by atoms with Gasteiger partial charge in [0, 0.05) is 22.8 Å². The molecule has 0 aliphatic carbocycles. The number of benzene rings is 1. The molecule has 0 aliphatic heterocycles. The van der Waals surface area contributed by atoms with Gasteiger partial charge in [0.15, 0.2) is 0 Å². The number of rotatable bonds is 2. The molecule has 0 atom stereocenters. The molecular formula is C10H7ClN2O2. The van der Waals surface area contributed by atoms with E-state index in [4.69, 9.17) is 11.6 Å². The number of aromatic nitrogens is 1. The van der Waals surface area contributed by atoms with Crippen molar-refractivity contribution < 1.29 is 4.92 Å². The number of hydrogen-bond donors (Lipinski definition) is 1. The van der Waals surface area contributed by atoms with Gasteiger partial charge in [-0.05, 0) is 12.1 Å². The predicted molar refractivity (Wildman–Crippen MR) is 57.9 cm³/mol. The van der Waals surface area contributed by atoms with Gasteiger partial charge < -0.3 is 4.98 Å². The van der Waals surface area contributed by atoms with E-state index in [-0.39, 0.29) is 5.69 Å². The van der Waals surface area contributed by atoms with E-state index in [2.05, 4.69) is 4.98 Å². The van der Waals surface area contributed by atoms with Crippen molar-refractivity contribution in [3.05, 3.63) is 51.7 Å². The average molecular weight is 223 g/mol. The zero-order valence-corrected chi connectivity index (χ0v) is 8.36. The van der Waals surface area contributed by atoms with Crippen LogP contribution in [0.4, 0.5) is 5.69 Å². The summed E-state index contributed by atoms with van der Waals surface area (Å²) in [6, 6.07) is 8.30. The molecule has 0 saturated heterocycles. The van der Waals surface area contributed by atoms with Crippen LogP contribution in [0.3, 0.4) is 0 Å². The molecule has 2 rings (SSSR count). The Kier molecular flexibility index (Phi) is 2.43. The zero-order chi connectivity index (χ0) is 10.8. The molecule has 4 nitrogen and oxygen atoms in total. The Hall–Kier alpha value is -1.81. The quantitative estimate of drug-likeness (QED) is 0.626. The van der Waals surface area contributed by atoms with Crippen molar-refractivity contribution >= 4 is 17.3 Å². The van der Waals surface area contributed by atoms with Crippen LogP contribution in [0.5, 0.6) is 0 Å². The molecule has 0 fully saturated rings. The smallest absolute Gasteiger partial charge is 0.294 e. The molecule has 0 radical (unpaired) electrons. The van der Waals surface area contributed by atoms with Crippen LogP contribution in [-0.2, 0) is 0 Å². The molecule has 1 aromatic heterocycles. The lowest BCUT2D eigenvalue weighted by Gasteiger charge is -1.98. The first kappa shape index (κ1) is 9.73. The Morgan fingerprint density at radius 1 is 1.20 bits per heavy atom. The second kappa shape index (κ2) is 3.74. The van der Waals surface area contributed by atoms with Gasteiger partial charge in [-0.3, -0.25) is 10.1 Å². The van der Waals surface area contributed by atoms with Crippen LogP contribution in [0.1, 0.15) is 0 Å².